The monoisotopic (exact) mass is 472 g/mol. The fourth-order valence-corrected chi connectivity index (χ4v) is 5.57. The lowest BCUT2D eigenvalue weighted by Crippen LogP contribution is -2.43. The van der Waals surface area contributed by atoms with Crippen molar-refractivity contribution in [3.05, 3.63) is 54.1 Å². The van der Waals surface area contributed by atoms with Gasteiger partial charge in [0.25, 0.3) is 0 Å². The SMILES string of the molecule is CSc1cccc(-c2nnc(NC(=O)C3CCCN(S(=O)(=O)c4ccc(C)cc4)C3)o2)c1. The van der Waals surface area contributed by atoms with Crippen LogP contribution in [0.3, 0.4) is 0 Å². The number of aryl methyl sites for hydroxylation is 1. The smallest absolute Gasteiger partial charge is 0.322 e. The molecule has 2 aromatic carbocycles. The molecule has 10 heteroatoms. The van der Waals surface area contributed by atoms with Crippen LogP contribution in [0.4, 0.5) is 6.01 Å². The molecular formula is C22H24N4O4S2. The van der Waals surface area contributed by atoms with E-state index in [-0.39, 0.29) is 23.4 Å². The number of hydrogen-bond donors (Lipinski definition) is 1. The van der Waals surface area contributed by atoms with E-state index in [1.54, 1.807) is 36.0 Å². The van der Waals surface area contributed by atoms with Crippen molar-refractivity contribution in [3.8, 4) is 11.5 Å². The van der Waals surface area contributed by atoms with Gasteiger partial charge in [-0.2, -0.15) is 4.31 Å². The maximum atomic E-state index is 13.0. The Kier molecular flexibility index (Phi) is 6.63. The van der Waals surface area contributed by atoms with Gasteiger partial charge in [-0.3, -0.25) is 10.1 Å². The number of sulfonamides is 1. The van der Waals surface area contributed by atoms with E-state index < -0.39 is 15.9 Å². The number of rotatable bonds is 6. The highest BCUT2D eigenvalue weighted by Crippen LogP contribution is 2.27. The third kappa shape index (κ3) is 4.87. The fourth-order valence-electron chi connectivity index (χ4n) is 3.59. The van der Waals surface area contributed by atoms with Gasteiger partial charge >= 0.3 is 6.01 Å². The third-order valence-electron chi connectivity index (χ3n) is 5.39. The van der Waals surface area contributed by atoms with Crippen LogP contribution in [-0.2, 0) is 14.8 Å². The van der Waals surface area contributed by atoms with Crippen molar-refractivity contribution < 1.29 is 17.6 Å². The molecule has 1 atom stereocenters. The molecule has 0 aliphatic carbocycles. The summed E-state index contributed by atoms with van der Waals surface area (Å²) >= 11 is 1.60. The molecule has 1 amide bonds. The molecule has 8 nitrogen and oxygen atoms in total. The van der Waals surface area contributed by atoms with E-state index in [0.717, 1.165) is 16.0 Å². The standard InChI is InChI=1S/C22H24N4O4S2/c1-15-8-10-19(11-9-15)32(28,29)26-12-4-6-17(14-26)20(27)23-22-25-24-21(30-22)16-5-3-7-18(13-16)31-2/h3,5,7-11,13,17H,4,6,12,14H2,1-2H3,(H,23,25,27). The Balaban J connectivity index is 1.44. The Morgan fingerprint density at radius 2 is 1.97 bits per heavy atom. The normalized spacial score (nSPS) is 17.2. The first-order valence-electron chi connectivity index (χ1n) is 10.2. The summed E-state index contributed by atoms with van der Waals surface area (Å²) in [5, 5.41) is 10.6. The van der Waals surface area contributed by atoms with E-state index in [1.165, 1.54) is 4.31 Å². The molecule has 3 aromatic rings. The quantitative estimate of drug-likeness (QED) is 0.544. The van der Waals surface area contributed by atoms with Gasteiger partial charge in [0, 0.05) is 23.5 Å². The number of anilines is 1. The lowest BCUT2D eigenvalue weighted by molar-refractivity contribution is -0.121. The summed E-state index contributed by atoms with van der Waals surface area (Å²) < 4.78 is 33.0. The van der Waals surface area contributed by atoms with Crippen LogP contribution in [0.25, 0.3) is 11.5 Å². The second-order valence-electron chi connectivity index (χ2n) is 7.65. The minimum absolute atomic E-state index is 0.00179. The molecule has 1 aromatic heterocycles. The average molecular weight is 473 g/mol. The van der Waals surface area contributed by atoms with Crippen molar-refractivity contribution in [2.75, 3.05) is 24.7 Å². The molecule has 0 bridgehead atoms. The van der Waals surface area contributed by atoms with E-state index in [1.807, 2.05) is 37.4 Å². The number of nitrogens with zero attached hydrogens (tertiary/aromatic N) is 3. The van der Waals surface area contributed by atoms with Crippen molar-refractivity contribution in [3.63, 3.8) is 0 Å². The molecule has 1 fully saturated rings. The summed E-state index contributed by atoms with van der Waals surface area (Å²) in [6, 6.07) is 14.4. The van der Waals surface area contributed by atoms with Gasteiger partial charge in [-0.05, 0) is 56.4 Å². The number of hydrogen-bond acceptors (Lipinski definition) is 7. The maximum absolute atomic E-state index is 13.0. The number of carbonyl (C=O) groups excluding carboxylic acids is 1. The lowest BCUT2D eigenvalue weighted by atomic mass is 9.99. The van der Waals surface area contributed by atoms with Gasteiger partial charge in [-0.1, -0.05) is 28.9 Å². The number of aromatic nitrogens is 2. The van der Waals surface area contributed by atoms with Gasteiger partial charge in [0.05, 0.1) is 10.8 Å². The largest absolute Gasteiger partial charge is 0.403 e. The second-order valence-corrected chi connectivity index (χ2v) is 10.5. The topological polar surface area (TPSA) is 105 Å². The molecule has 1 saturated heterocycles. The van der Waals surface area contributed by atoms with E-state index in [0.29, 0.717) is 25.3 Å². The molecule has 0 spiro atoms. The third-order valence-corrected chi connectivity index (χ3v) is 7.99. The van der Waals surface area contributed by atoms with Crippen LogP contribution in [0, 0.1) is 12.8 Å². The van der Waals surface area contributed by atoms with Crippen LogP contribution in [0.2, 0.25) is 0 Å². The van der Waals surface area contributed by atoms with Gasteiger partial charge < -0.3 is 4.42 Å². The predicted octanol–water partition coefficient (Wildman–Crippen LogP) is 3.81. The van der Waals surface area contributed by atoms with Crippen LogP contribution in [-0.4, -0.2) is 48.2 Å². The first-order valence-corrected chi connectivity index (χ1v) is 12.9. The number of carbonyl (C=O) groups is 1. The van der Waals surface area contributed by atoms with E-state index >= 15 is 0 Å². The van der Waals surface area contributed by atoms with Crippen LogP contribution in [0.5, 0.6) is 0 Å². The second kappa shape index (κ2) is 9.43. The van der Waals surface area contributed by atoms with E-state index in [2.05, 4.69) is 15.5 Å². The molecular weight excluding hydrogens is 448 g/mol. The van der Waals surface area contributed by atoms with E-state index in [4.69, 9.17) is 4.42 Å². The van der Waals surface area contributed by atoms with Gasteiger partial charge in [-0.25, -0.2) is 8.42 Å². The number of nitrogens with one attached hydrogen (secondary N) is 1. The first-order chi connectivity index (χ1) is 15.4. The Bertz CT molecular complexity index is 1210. The predicted molar refractivity (Wildman–Crippen MR) is 123 cm³/mol. The summed E-state index contributed by atoms with van der Waals surface area (Å²) in [4.78, 5) is 14.1. The average Bonchev–Trinajstić information content (AvgIpc) is 3.28. The molecule has 168 valence electrons. The van der Waals surface area contributed by atoms with Gasteiger partial charge in [0.15, 0.2) is 0 Å². The Hall–Kier alpha value is -2.69. The number of benzene rings is 2. The summed E-state index contributed by atoms with van der Waals surface area (Å²) in [6.07, 6.45) is 3.16. The molecule has 2 heterocycles. The Morgan fingerprint density at radius 3 is 2.72 bits per heavy atom. The number of thioether (sulfide) groups is 1. The molecule has 1 N–H and O–H groups in total. The van der Waals surface area contributed by atoms with Crippen molar-refractivity contribution in [2.45, 2.75) is 29.6 Å². The van der Waals surface area contributed by atoms with Crippen molar-refractivity contribution in [2.24, 2.45) is 5.92 Å². The highest BCUT2D eigenvalue weighted by Gasteiger charge is 2.33. The zero-order valence-corrected chi connectivity index (χ0v) is 19.4. The maximum Gasteiger partial charge on any atom is 0.322 e. The van der Waals surface area contributed by atoms with Crippen LogP contribution in [0.15, 0.2) is 62.7 Å². The van der Waals surface area contributed by atoms with Crippen LogP contribution in [0.1, 0.15) is 18.4 Å². The molecule has 1 aliphatic heterocycles. The molecule has 1 aliphatic rings. The Morgan fingerprint density at radius 1 is 1.19 bits per heavy atom. The van der Waals surface area contributed by atoms with Crippen molar-refractivity contribution in [1.29, 1.82) is 0 Å². The molecule has 32 heavy (non-hydrogen) atoms. The summed E-state index contributed by atoms with van der Waals surface area (Å²) in [5.74, 6) is -0.524. The summed E-state index contributed by atoms with van der Waals surface area (Å²) in [6.45, 7) is 2.40. The lowest BCUT2D eigenvalue weighted by Gasteiger charge is -2.30. The zero-order valence-electron chi connectivity index (χ0n) is 17.8. The molecule has 0 saturated carbocycles. The molecule has 1 unspecified atom stereocenters. The van der Waals surface area contributed by atoms with Gasteiger partial charge in [-0.15, -0.1) is 16.9 Å². The van der Waals surface area contributed by atoms with Crippen molar-refractivity contribution >= 4 is 33.7 Å². The number of piperidine rings is 1. The first kappa shape index (κ1) is 22.5. The zero-order chi connectivity index (χ0) is 22.7. The van der Waals surface area contributed by atoms with Gasteiger partial charge in [0.2, 0.25) is 21.8 Å². The highest BCUT2D eigenvalue weighted by molar-refractivity contribution is 7.98. The number of amides is 1. The van der Waals surface area contributed by atoms with Crippen LogP contribution >= 0.6 is 11.8 Å². The van der Waals surface area contributed by atoms with Gasteiger partial charge in [0.1, 0.15) is 0 Å². The van der Waals surface area contributed by atoms with Crippen LogP contribution < -0.4 is 5.32 Å². The fraction of sp³-hybridized carbons (Fsp3) is 0.318. The molecule has 0 radical (unpaired) electrons. The highest BCUT2D eigenvalue weighted by atomic mass is 32.2. The Labute approximate surface area is 191 Å². The minimum atomic E-state index is -3.66. The minimum Gasteiger partial charge on any atom is -0.403 e. The molecule has 4 rings (SSSR count). The summed E-state index contributed by atoms with van der Waals surface area (Å²) in [5.41, 5.74) is 1.75. The summed E-state index contributed by atoms with van der Waals surface area (Å²) in [7, 11) is -3.66. The van der Waals surface area contributed by atoms with E-state index in [9.17, 15) is 13.2 Å². The van der Waals surface area contributed by atoms with Crippen molar-refractivity contribution in [1.82, 2.24) is 14.5 Å².